The van der Waals surface area contributed by atoms with E-state index in [1.807, 2.05) is 0 Å². The monoisotopic (exact) mass is 168 g/mol. The fourth-order valence-corrected chi connectivity index (χ4v) is 1.63. The second-order valence-corrected chi connectivity index (χ2v) is 3.82. The van der Waals surface area contributed by atoms with E-state index in [0.29, 0.717) is 0 Å². The summed E-state index contributed by atoms with van der Waals surface area (Å²) >= 11 is 0. The van der Waals surface area contributed by atoms with Gasteiger partial charge < -0.3 is 0 Å². The van der Waals surface area contributed by atoms with Gasteiger partial charge in [0.1, 0.15) is 0 Å². The van der Waals surface area contributed by atoms with Crippen LogP contribution in [0.2, 0.25) is 0 Å². The molecule has 1 fully saturated rings. The van der Waals surface area contributed by atoms with Crippen LogP contribution >= 0.6 is 0 Å². The van der Waals surface area contributed by atoms with Crippen molar-refractivity contribution in [1.29, 1.82) is 0 Å². The van der Waals surface area contributed by atoms with Crippen LogP contribution in [0.5, 0.6) is 0 Å². The summed E-state index contributed by atoms with van der Waals surface area (Å²) in [4.78, 5) is 0. The van der Waals surface area contributed by atoms with Gasteiger partial charge in [-0.3, -0.25) is 0 Å². The van der Waals surface area contributed by atoms with Gasteiger partial charge in [-0.25, -0.2) is 0 Å². The molecule has 72 valence electrons. The standard InChI is InChI=1S/C10H20.C2H4/c1-3-4-5-6-7-10-8-9(10)2;1-2/h9-10H,3-8H2,1-2H3;1-2H2. The normalized spacial score (nSPS) is 25.8. The molecule has 2 atom stereocenters. The van der Waals surface area contributed by atoms with Gasteiger partial charge in [0.05, 0.1) is 0 Å². The smallest absolute Gasteiger partial charge is 0.0386 e. The van der Waals surface area contributed by atoms with Crippen molar-refractivity contribution in [2.75, 3.05) is 0 Å². The Hall–Kier alpha value is -0.260. The molecule has 0 heterocycles. The molecule has 0 aromatic rings. The predicted molar refractivity (Wildman–Crippen MR) is 57.3 cm³/mol. The third kappa shape index (κ3) is 5.40. The number of hydrogen-bond donors (Lipinski definition) is 0. The fourth-order valence-electron chi connectivity index (χ4n) is 1.63. The Bertz CT molecular complexity index is 96.2. The van der Waals surface area contributed by atoms with Crippen molar-refractivity contribution >= 4 is 0 Å². The van der Waals surface area contributed by atoms with Crippen LogP contribution in [0.4, 0.5) is 0 Å². The molecule has 1 rings (SSSR count). The molecule has 1 aliphatic rings. The summed E-state index contributed by atoms with van der Waals surface area (Å²) in [6.45, 7) is 10.7. The van der Waals surface area contributed by atoms with Gasteiger partial charge in [-0.05, 0) is 18.3 Å². The molecule has 0 N–H and O–H groups in total. The number of rotatable bonds is 5. The molecule has 0 spiro atoms. The van der Waals surface area contributed by atoms with Crippen molar-refractivity contribution < 1.29 is 0 Å². The molecule has 0 saturated heterocycles. The van der Waals surface area contributed by atoms with E-state index in [0.717, 1.165) is 11.8 Å². The van der Waals surface area contributed by atoms with E-state index < -0.39 is 0 Å². The highest BCUT2D eigenvalue weighted by atomic mass is 14.4. The highest BCUT2D eigenvalue weighted by molar-refractivity contribution is 4.81. The maximum atomic E-state index is 3.00. The van der Waals surface area contributed by atoms with Crippen LogP contribution in [0, 0.1) is 11.8 Å². The van der Waals surface area contributed by atoms with Gasteiger partial charge in [-0.2, -0.15) is 0 Å². The fraction of sp³-hybridized carbons (Fsp3) is 0.833. The average molecular weight is 168 g/mol. The molecule has 0 aromatic heterocycles. The molecule has 0 radical (unpaired) electrons. The Balaban J connectivity index is 0.000000561. The Labute approximate surface area is 78.1 Å². The van der Waals surface area contributed by atoms with E-state index in [9.17, 15) is 0 Å². The zero-order valence-corrected chi connectivity index (χ0v) is 8.81. The molecular weight excluding hydrogens is 144 g/mol. The van der Waals surface area contributed by atoms with Gasteiger partial charge in [0.25, 0.3) is 0 Å². The lowest BCUT2D eigenvalue weighted by Gasteiger charge is -1.96. The van der Waals surface area contributed by atoms with Crippen LogP contribution in [0.15, 0.2) is 13.2 Å². The maximum Gasteiger partial charge on any atom is -0.0386 e. The predicted octanol–water partition coefficient (Wildman–Crippen LogP) is 4.42. The first kappa shape index (κ1) is 11.7. The molecule has 0 aliphatic heterocycles. The molecule has 0 aromatic carbocycles. The average Bonchev–Trinajstić information content (AvgIpc) is 2.80. The highest BCUT2D eigenvalue weighted by Crippen LogP contribution is 2.41. The van der Waals surface area contributed by atoms with Crippen LogP contribution in [0.1, 0.15) is 52.4 Å². The minimum atomic E-state index is 1.07. The third-order valence-corrected chi connectivity index (χ3v) is 2.70. The van der Waals surface area contributed by atoms with Crippen LogP contribution in [0.3, 0.4) is 0 Å². The lowest BCUT2D eigenvalue weighted by molar-refractivity contribution is 0.577. The summed E-state index contributed by atoms with van der Waals surface area (Å²) in [5.74, 6) is 2.19. The van der Waals surface area contributed by atoms with E-state index >= 15 is 0 Å². The first-order valence-electron chi connectivity index (χ1n) is 5.34. The van der Waals surface area contributed by atoms with Gasteiger partial charge >= 0.3 is 0 Å². The molecule has 0 bridgehead atoms. The highest BCUT2D eigenvalue weighted by Gasteiger charge is 2.31. The van der Waals surface area contributed by atoms with Crippen molar-refractivity contribution in [3.05, 3.63) is 13.2 Å². The Morgan fingerprint density at radius 2 is 1.75 bits per heavy atom. The van der Waals surface area contributed by atoms with Crippen LogP contribution in [0.25, 0.3) is 0 Å². The second-order valence-electron chi connectivity index (χ2n) is 3.82. The van der Waals surface area contributed by atoms with Crippen molar-refractivity contribution in [3.8, 4) is 0 Å². The van der Waals surface area contributed by atoms with Gasteiger partial charge in [-0.15, -0.1) is 13.2 Å². The van der Waals surface area contributed by atoms with Crippen molar-refractivity contribution in [2.24, 2.45) is 11.8 Å². The van der Waals surface area contributed by atoms with Gasteiger partial charge in [0, 0.05) is 0 Å². The van der Waals surface area contributed by atoms with Crippen LogP contribution in [-0.4, -0.2) is 0 Å². The Kier molecular flexibility index (Phi) is 7.23. The van der Waals surface area contributed by atoms with Crippen molar-refractivity contribution in [3.63, 3.8) is 0 Å². The van der Waals surface area contributed by atoms with Crippen LogP contribution < -0.4 is 0 Å². The summed E-state index contributed by atoms with van der Waals surface area (Å²) in [5, 5.41) is 0. The van der Waals surface area contributed by atoms with E-state index in [1.165, 1.54) is 38.5 Å². The number of hydrogen-bond acceptors (Lipinski definition) is 0. The first-order valence-corrected chi connectivity index (χ1v) is 5.34. The molecular formula is C12H24. The third-order valence-electron chi connectivity index (χ3n) is 2.70. The SMILES string of the molecule is C=C.CCCCCCC1CC1C. The zero-order chi connectivity index (χ0) is 9.40. The second kappa shape index (κ2) is 7.39. The van der Waals surface area contributed by atoms with Gasteiger partial charge in [0.15, 0.2) is 0 Å². The van der Waals surface area contributed by atoms with Crippen molar-refractivity contribution in [2.45, 2.75) is 52.4 Å². The van der Waals surface area contributed by atoms with E-state index in [4.69, 9.17) is 0 Å². The van der Waals surface area contributed by atoms with Gasteiger partial charge in [0.2, 0.25) is 0 Å². The topological polar surface area (TPSA) is 0 Å². The number of unbranched alkanes of at least 4 members (excludes halogenated alkanes) is 3. The Morgan fingerprint density at radius 1 is 1.17 bits per heavy atom. The lowest BCUT2D eigenvalue weighted by atomic mass is 10.1. The first-order chi connectivity index (χ1) is 5.84. The summed E-state index contributed by atoms with van der Waals surface area (Å²) in [6.07, 6.45) is 8.82. The summed E-state index contributed by atoms with van der Waals surface area (Å²) < 4.78 is 0. The van der Waals surface area contributed by atoms with Gasteiger partial charge in [-0.1, -0.05) is 46.0 Å². The van der Waals surface area contributed by atoms with Crippen LogP contribution in [-0.2, 0) is 0 Å². The maximum absolute atomic E-state index is 3.00. The van der Waals surface area contributed by atoms with Crippen molar-refractivity contribution in [1.82, 2.24) is 0 Å². The molecule has 12 heavy (non-hydrogen) atoms. The Morgan fingerprint density at radius 3 is 2.17 bits per heavy atom. The molecule has 1 aliphatic carbocycles. The van der Waals surface area contributed by atoms with E-state index in [1.54, 1.807) is 0 Å². The van der Waals surface area contributed by atoms with E-state index in [-0.39, 0.29) is 0 Å². The molecule has 1 saturated carbocycles. The molecule has 0 amide bonds. The molecule has 0 heteroatoms. The molecule has 0 nitrogen and oxygen atoms in total. The van der Waals surface area contributed by atoms with E-state index in [2.05, 4.69) is 27.0 Å². The minimum absolute atomic E-state index is 1.07. The summed E-state index contributed by atoms with van der Waals surface area (Å²) in [6, 6.07) is 0. The summed E-state index contributed by atoms with van der Waals surface area (Å²) in [5.41, 5.74) is 0. The zero-order valence-electron chi connectivity index (χ0n) is 8.81. The minimum Gasteiger partial charge on any atom is -0.106 e. The molecule has 2 unspecified atom stereocenters. The largest absolute Gasteiger partial charge is 0.106 e. The summed E-state index contributed by atoms with van der Waals surface area (Å²) in [7, 11) is 0. The lowest BCUT2D eigenvalue weighted by Crippen LogP contribution is -1.80. The quantitative estimate of drug-likeness (QED) is 0.421.